The Morgan fingerprint density at radius 3 is 2.59 bits per heavy atom. The fourth-order valence-electron chi connectivity index (χ4n) is 4.91. The second-order valence-corrected chi connectivity index (χ2v) is 13.4. The Bertz CT molecular complexity index is 1320. The van der Waals surface area contributed by atoms with Crippen molar-refractivity contribution < 1.29 is 14.6 Å². The van der Waals surface area contributed by atoms with E-state index in [0.717, 1.165) is 52.2 Å². The highest BCUT2D eigenvalue weighted by Crippen LogP contribution is 2.34. The average Bonchev–Trinajstić information content (AvgIpc) is 3.25. The molecule has 3 aromatic rings. The predicted molar refractivity (Wildman–Crippen MR) is 159 cm³/mol. The van der Waals surface area contributed by atoms with Crippen LogP contribution in [0.3, 0.4) is 0 Å². The number of ether oxygens (including phenoxy) is 1. The normalized spacial score (nSPS) is 14.4. The maximum atomic E-state index is 11.9. The summed E-state index contributed by atoms with van der Waals surface area (Å²) in [4.78, 5) is 16.6. The number of nitrogens with one attached hydrogen (secondary N) is 1. The van der Waals surface area contributed by atoms with Crippen LogP contribution in [0, 0.1) is 0 Å². The lowest BCUT2D eigenvalue weighted by atomic mass is 9.83. The highest BCUT2D eigenvalue weighted by molar-refractivity contribution is 9.10. The van der Waals surface area contributed by atoms with Gasteiger partial charge in [-0.1, -0.05) is 48.8 Å². The molecular weight excluding hydrogens is 556 g/mol. The summed E-state index contributed by atoms with van der Waals surface area (Å²) in [5.41, 5.74) is 4.91. The molecule has 0 fully saturated rings. The van der Waals surface area contributed by atoms with E-state index in [9.17, 15) is 9.90 Å². The SMILES string of the molecule is CC(C)(C)c1cc(Br)cc(C(CC(=O)O)Cc2cc(OCCc3ccc4c(n3)NCCC4)n(C(C)(C)C)n2)c1. The van der Waals surface area contributed by atoms with Gasteiger partial charge in [0.15, 0.2) is 0 Å². The fourth-order valence-corrected chi connectivity index (χ4v) is 5.42. The quantitative estimate of drug-likeness (QED) is 0.280. The molecule has 0 radical (unpaired) electrons. The highest BCUT2D eigenvalue weighted by atomic mass is 79.9. The number of halogens is 1. The number of aliphatic carboxylic acids is 1. The fraction of sp³-hybridized carbons (Fsp3) is 0.516. The van der Waals surface area contributed by atoms with Crippen molar-refractivity contribution in [1.29, 1.82) is 0 Å². The van der Waals surface area contributed by atoms with Gasteiger partial charge in [-0.15, -0.1) is 0 Å². The van der Waals surface area contributed by atoms with Crippen molar-refractivity contribution in [3.05, 3.63) is 68.9 Å². The largest absolute Gasteiger partial charge is 0.481 e. The molecule has 0 amide bonds. The molecule has 210 valence electrons. The van der Waals surface area contributed by atoms with E-state index in [1.54, 1.807) is 0 Å². The molecule has 1 aromatic carbocycles. The van der Waals surface area contributed by atoms with Crippen molar-refractivity contribution in [2.24, 2.45) is 0 Å². The Kier molecular flexibility index (Phi) is 8.74. The minimum Gasteiger partial charge on any atom is -0.481 e. The zero-order chi connectivity index (χ0) is 28.4. The van der Waals surface area contributed by atoms with Crippen molar-refractivity contribution in [2.45, 2.75) is 90.5 Å². The van der Waals surface area contributed by atoms with Crippen molar-refractivity contribution in [3.63, 3.8) is 0 Å². The molecule has 7 nitrogen and oxygen atoms in total. The second kappa shape index (κ2) is 11.7. The Morgan fingerprint density at radius 1 is 1.13 bits per heavy atom. The van der Waals surface area contributed by atoms with Gasteiger partial charge >= 0.3 is 5.97 Å². The number of carboxylic acids is 1. The average molecular weight is 598 g/mol. The van der Waals surface area contributed by atoms with Crippen molar-refractivity contribution in [2.75, 3.05) is 18.5 Å². The minimum absolute atomic E-state index is 0.0244. The number of nitrogens with zero attached hydrogens (tertiary/aromatic N) is 3. The first-order chi connectivity index (χ1) is 18.3. The van der Waals surface area contributed by atoms with Crippen molar-refractivity contribution >= 4 is 27.7 Å². The Balaban J connectivity index is 1.54. The number of benzene rings is 1. The van der Waals surface area contributed by atoms with Crippen molar-refractivity contribution in [1.82, 2.24) is 14.8 Å². The van der Waals surface area contributed by atoms with E-state index in [0.29, 0.717) is 25.3 Å². The Morgan fingerprint density at radius 2 is 1.90 bits per heavy atom. The van der Waals surface area contributed by atoms with Gasteiger partial charge in [-0.05, 0) is 86.3 Å². The number of fused-ring (bicyclic) bond motifs is 1. The minimum atomic E-state index is -0.823. The van der Waals surface area contributed by atoms with E-state index in [1.165, 1.54) is 5.56 Å². The van der Waals surface area contributed by atoms with E-state index >= 15 is 0 Å². The molecule has 39 heavy (non-hydrogen) atoms. The molecule has 0 saturated heterocycles. The first kappa shape index (κ1) is 29.1. The van der Waals surface area contributed by atoms with Crippen LogP contribution in [0.2, 0.25) is 0 Å². The molecule has 3 heterocycles. The van der Waals surface area contributed by atoms with Crippen molar-refractivity contribution in [3.8, 4) is 5.88 Å². The van der Waals surface area contributed by atoms with Crippen LogP contribution in [-0.2, 0) is 35.0 Å². The molecule has 0 bridgehead atoms. The summed E-state index contributed by atoms with van der Waals surface area (Å²) < 4.78 is 9.12. The van der Waals surface area contributed by atoms with Gasteiger partial charge in [-0.3, -0.25) is 4.79 Å². The number of aromatic nitrogens is 3. The number of rotatable bonds is 9. The molecule has 1 aliphatic heterocycles. The van der Waals surface area contributed by atoms with E-state index in [4.69, 9.17) is 14.8 Å². The number of aryl methyl sites for hydroxylation is 1. The van der Waals surface area contributed by atoms with Gasteiger partial charge < -0.3 is 15.2 Å². The molecule has 2 N–H and O–H groups in total. The van der Waals surface area contributed by atoms with Crippen LogP contribution in [0.15, 0.2) is 40.9 Å². The van der Waals surface area contributed by atoms with Gasteiger partial charge in [-0.2, -0.15) is 5.10 Å². The molecule has 1 unspecified atom stereocenters. The van der Waals surface area contributed by atoms with Gasteiger partial charge in [0.25, 0.3) is 0 Å². The summed E-state index contributed by atoms with van der Waals surface area (Å²) in [7, 11) is 0. The summed E-state index contributed by atoms with van der Waals surface area (Å²) in [6.45, 7) is 14.2. The first-order valence-corrected chi connectivity index (χ1v) is 14.6. The summed E-state index contributed by atoms with van der Waals surface area (Å²) in [5.74, 6) is 0.639. The maximum absolute atomic E-state index is 11.9. The molecule has 1 aliphatic rings. The number of hydrogen-bond donors (Lipinski definition) is 2. The number of pyridine rings is 1. The zero-order valence-corrected chi connectivity index (χ0v) is 25.6. The summed E-state index contributed by atoms with van der Waals surface area (Å²) in [6.07, 6.45) is 3.43. The van der Waals surface area contributed by atoms with E-state index in [-0.39, 0.29) is 23.3 Å². The third kappa shape index (κ3) is 7.62. The third-order valence-corrected chi connectivity index (χ3v) is 7.51. The van der Waals surface area contributed by atoms with Crippen LogP contribution in [-0.4, -0.2) is 39.0 Å². The molecule has 1 atom stereocenters. The van der Waals surface area contributed by atoms with Gasteiger partial charge in [-0.25, -0.2) is 9.67 Å². The molecule has 8 heteroatoms. The molecule has 0 spiro atoms. The second-order valence-electron chi connectivity index (χ2n) is 12.5. The van der Waals surface area contributed by atoms with Crippen LogP contribution in [0.25, 0.3) is 0 Å². The van der Waals surface area contributed by atoms with Crippen LogP contribution in [0.1, 0.15) is 88.4 Å². The van der Waals surface area contributed by atoms with Crippen LogP contribution < -0.4 is 10.1 Å². The molecule has 4 rings (SSSR count). The van der Waals surface area contributed by atoms with Crippen LogP contribution in [0.5, 0.6) is 5.88 Å². The van der Waals surface area contributed by atoms with Crippen LogP contribution >= 0.6 is 15.9 Å². The van der Waals surface area contributed by atoms with Gasteiger partial charge in [0.05, 0.1) is 24.3 Å². The highest BCUT2D eigenvalue weighted by Gasteiger charge is 2.25. The first-order valence-electron chi connectivity index (χ1n) is 13.8. The lowest BCUT2D eigenvalue weighted by Gasteiger charge is -2.23. The number of carboxylic acid groups (broad SMARTS) is 1. The Hall–Kier alpha value is -2.87. The molecule has 2 aromatic heterocycles. The molecule has 0 saturated carbocycles. The van der Waals surface area contributed by atoms with E-state index < -0.39 is 5.97 Å². The third-order valence-electron chi connectivity index (χ3n) is 7.06. The zero-order valence-electron chi connectivity index (χ0n) is 24.0. The van der Waals surface area contributed by atoms with Crippen LogP contribution in [0.4, 0.5) is 5.82 Å². The lowest BCUT2D eigenvalue weighted by molar-refractivity contribution is -0.137. The summed E-state index contributed by atoms with van der Waals surface area (Å²) in [5, 5.41) is 18.0. The smallest absolute Gasteiger partial charge is 0.303 e. The summed E-state index contributed by atoms with van der Waals surface area (Å²) >= 11 is 3.64. The molecular formula is C31H41BrN4O3. The van der Waals surface area contributed by atoms with Gasteiger partial charge in [0.2, 0.25) is 5.88 Å². The summed E-state index contributed by atoms with van der Waals surface area (Å²) in [6, 6.07) is 12.5. The topological polar surface area (TPSA) is 89.3 Å². The lowest BCUT2D eigenvalue weighted by Crippen LogP contribution is -2.25. The number of carbonyl (C=O) groups is 1. The standard InChI is InChI=1S/C31H41BrN4O3/c1-30(2,3)23-14-21(15-24(32)18-23)22(17-28(37)38)16-26-19-27(36(35-26)31(4,5)6)39-13-11-25-10-9-20-8-7-12-33-29(20)34-25/h9-10,14-15,18-19,22H,7-8,11-13,16-17H2,1-6H3,(H,33,34)(H,37,38). The monoisotopic (exact) mass is 596 g/mol. The Labute approximate surface area is 240 Å². The number of hydrogen-bond acceptors (Lipinski definition) is 5. The van der Waals surface area contributed by atoms with E-state index in [1.807, 2.05) is 16.8 Å². The molecule has 0 aliphatic carbocycles. The number of anilines is 1. The van der Waals surface area contributed by atoms with Gasteiger partial charge in [0.1, 0.15) is 5.82 Å². The maximum Gasteiger partial charge on any atom is 0.303 e. The van der Waals surface area contributed by atoms with Gasteiger partial charge in [0, 0.05) is 29.2 Å². The predicted octanol–water partition coefficient (Wildman–Crippen LogP) is 6.87. The van der Waals surface area contributed by atoms with E-state index in [2.05, 4.69) is 87.1 Å².